The molecular weight excluding hydrogens is 284 g/mol. The first-order chi connectivity index (χ1) is 10.0. The van der Waals surface area contributed by atoms with Crippen LogP contribution in [0.15, 0.2) is 0 Å². The van der Waals surface area contributed by atoms with E-state index in [1.807, 2.05) is 13.8 Å². The summed E-state index contributed by atoms with van der Waals surface area (Å²) in [4.78, 5) is 34.8. The van der Waals surface area contributed by atoms with Crippen LogP contribution >= 0.6 is 0 Å². The highest BCUT2D eigenvalue weighted by atomic mass is 16.6. The van der Waals surface area contributed by atoms with Gasteiger partial charge in [0.25, 0.3) is 0 Å². The topological polar surface area (TPSA) is 84.5 Å². The molecule has 128 valence electrons. The predicted octanol–water partition coefficient (Wildman–Crippen LogP) is 2.41. The van der Waals surface area contributed by atoms with Gasteiger partial charge in [0.2, 0.25) is 5.91 Å². The van der Waals surface area contributed by atoms with Gasteiger partial charge in [0.15, 0.2) is 5.78 Å². The lowest BCUT2D eigenvalue weighted by atomic mass is 9.97. The third-order valence-corrected chi connectivity index (χ3v) is 2.90. The average molecular weight is 314 g/mol. The summed E-state index contributed by atoms with van der Waals surface area (Å²) in [6.45, 7) is 11.0. The Morgan fingerprint density at radius 1 is 1.09 bits per heavy atom. The molecule has 6 nitrogen and oxygen atoms in total. The molecule has 2 N–H and O–H groups in total. The highest BCUT2D eigenvalue weighted by molar-refractivity contribution is 5.88. The zero-order valence-electron chi connectivity index (χ0n) is 14.6. The van der Waals surface area contributed by atoms with Crippen LogP contribution < -0.4 is 10.6 Å². The summed E-state index contributed by atoms with van der Waals surface area (Å²) in [5.74, 6) is -0.234. The first-order valence-electron chi connectivity index (χ1n) is 7.80. The summed E-state index contributed by atoms with van der Waals surface area (Å²) in [7, 11) is 0. The maximum Gasteiger partial charge on any atom is 0.408 e. The third kappa shape index (κ3) is 10.2. The Hall–Kier alpha value is -1.59. The number of nitrogens with one attached hydrogen (secondary N) is 2. The van der Waals surface area contributed by atoms with Gasteiger partial charge in [0.05, 0.1) is 6.04 Å². The van der Waals surface area contributed by atoms with Gasteiger partial charge in [-0.1, -0.05) is 13.8 Å². The second-order valence-corrected chi connectivity index (χ2v) is 6.73. The lowest BCUT2D eigenvalue weighted by Gasteiger charge is -2.24. The molecule has 0 rings (SSSR count). The summed E-state index contributed by atoms with van der Waals surface area (Å²) in [5, 5.41) is 5.36. The lowest BCUT2D eigenvalue weighted by molar-refractivity contribution is -0.124. The Morgan fingerprint density at radius 3 is 2.14 bits per heavy atom. The van der Waals surface area contributed by atoms with Crippen LogP contribution in [0, 0.1) is 5.92 Å². The van der Waals surface area contributed by atoms with Crippen LogP contribution in [0.5, 0.6) is 0 Å². The monoisotopic (exact) mass is 314 g/mol. The van der Waals surface area contributed by atoms with Crippen molar-refractivity contribution < 1.29 is 19.1 Å². The molecule has 0 aromatic rings. The van der Waals surface area contributed by atoms with Crippen molar-refractivity contribution in [2.75, 3.05) is 6.54 Å². The van der Waals surface area contributed by atoms with E-state index in [-0.39, 0.29) is 17.6 Å². The van der Waals surface area contributed by atoms with Gasteiger partial charge >= 0.3 is 6.09 Å². The van der Waals surface area contributed by atoms with E-state index >= 15 is 0 Å². The fraction of sp³-hybridized carbons (Fsp3) is 0.812. The fourth-order valence-electron chi connectivity index (χ4n) is 1.88. The Balaban J connectivity index is 4.42. The standard InChI is InChI=1S/C16H30N2O4/c1-11(2)14(20)13(9-7-8-10-17-12(3)19)18-15(21)22-16(4,5)6/h11,13H,7-10H2,1-6H3,(H,17,19)(H,18,21). The molecular formula is C16H30N2O4. The number of carbonyl (C=O) groups is 3. The van der Waals surface area contributed by atoms with Crippen LogP contribution in [-0.2, 0) is 14.3 Å². The molecule has 0 saturated heterocycles. The van der Waals surface area contributed by atoms with Crippen molar-refractivity contribution in [2.45, 2.75) is 72.4 Å². The predicted molar refractivity (Wildman–Crippen MR) is 85.5 cm³/mol. The molecule has 0 spiro atoms. The summed E-state index contributed by atoms with van der Waals surface area (Å²) >= 11 is 0. The number of rotatable bonds is 8. The Bertz CT molecular complexity index is 386. The summed E-state index contributed by atoms with van der Waals surface area (Å²) in [6.07, 6.45) is 1.46. The van der Waals surface area contributed by atoms with Gasteiger partial charge in [-0.25, -0.2) is 4.79 Å². The number of ether oxygens (including phenoxy) is 1. The SMILES string of the molecule is CC(=O)NCCCCC(NC(=O)OC(C)(C)C)C(=O)C(C)C. The largest absolute Gasteiger partial charge is 0.444 e. The maximum atomic E-state index is 12.2. The van der Waals surface area contributed by atoms with Crippen LogP contribution in [0.1, 0.15) is 60.8 Å². The van der Waals surface area contributed by atoms with Gasteiger partial charge in [-0.2, -0.15) is 0 Å². The molecule has 2 amide bonds. The normalized spacial score (nSPS) is 12.7. The molecule has 0 bridgehead atoms. The summed E-state index contributed by atoms with van der Waals surface area (Å²) < 4.78 is 5.20. The van der Waals surface area contributed by atoms with Gasteiger partial charge in [-0.15, -0.1) is 0 Å². The van der Waals surface area contributed by atoms with E-state index in [0.29, 0.717) is 13.0 Å². The smallest absolute Gasteiger partial charge is 0.408 e. The van der Waals surface area contributed by atoms with Gasteiger partial charge in [0.1, 0.15) is 5.60 Å². The minimum atomic E-state index is -0.596. The number of alkyl carbamates (subject to hydrolysis) is 1. The van der Waals surface area contributed by atoms with Crippen molar-refractivity contribution >= 4 is 17.8 Å². The molecule has 0 heterocycles. The molecule has 1 unspecified atom stereocenters. The number of unbranched alkanes of at least 4 members (excludes halogenated alkanes) is 1. The van der Waals surface area contributed by atoms with Gasteiger partial charge < -0.3 is 15.4 Å². The number of hydrogen-bond acceptors (Lipinski definition) is 4. The van der Waals surface area contributed by atoms with Crippen LogP contribution in [0.25, 0.3) is 0 Å². The second kappa shape index (κ2) is 9.43. The summed E-state index contributed by atoms with van der Waals surface area (Å²) in [6, 6.07) is -0.549. The van der Waals surface area contributed by atoms with Crippen LogP contribution in [0.2, 0.25) is 0 Å². The van der Waals surface area contributed by atoms with Crippen LogP contribution in [0.4, 0.5) is 4.79 Å². The van der Waals surface area contributed by atoms with Gasteiger partial charge in [0, 0.05) is 19.4 Å². The molecule has 22 heavy (non-hydrogen) atoms. The molecule has 0 aliphatic heterocycles. The molecule has 0 saturated carbocycles. The third-order valence-electron chi connectivity index (χ3n) is 2.90. The Kier molecular flexibility index (Phi) is 8.75. The first-order valence-corrected chi connectivity index (χ1v) is 7.80. The summed E-state index contributed by atoms with van der Waals surface area (Å²) in [5.41, 5.74) is -0.596. The van der Waals surface area contributed by atoms with Crippen LogP contribution in [-0.4, -0.2) is 36.0 Å². The quantitative estimate of drug-likeness (QED) is 0.674. The number of amides is 2. The molecule has 6 heteroatoms. The van der Waals surface area contributed by atoms with Crippen molar-refractivity contribution in [3.05, 3.63) is 0 Å². The van der Waals surface area contributed by atoms with Gasteiger partial charge in [-0.3, -0.25) is 9.59 Å². The zero-order valence-corrected chi connectivity index (χ0v) is 14.6. The molecule has 0 fully saturated rings. The molecule has 0 aliphatic rings. The van der Waals surface area contributed by atoms with E-state index < -0.39 is 17.7 Å². The van der Waals surface area contributed by atoms with Crippen molar-refractivity contribution in [3.8, 4) is 0 Å². The van der Waals surface area contributed by atoms with E-state index in [0.717, 1.165) is 12.8 Å². The van der Waals surface area contributed by atoms with Crippen molar-refractivity contribution in [1.82, 2.24) is 10.6 Å². The van der Waals surface area contributed by atoms with E-state index in [9.17, 15) is 14.4 Å². The number of carbonyl (C=O) groups excluding carboxylic acids is 3. The number of hydrogen-bond donors (Lipinski definition) is 2. The lowest BCUT2D eigenvalue weighted by Crippen LogP contribution is -2.45. The molecule has 1 atom stereocenters. The highest BCUT2D eigenvalue weighted by Gasteiger charge is 2.25. The number of ketones is 1. The van der Waals surface area contributed by atoms with E-state index in [4.69, 9.17) is 4.74 Å². The van der Waals surface area contributed by atoms with Crippen molar-refractivity contribution in [2.24, 2.45) is 5.92 Å². The van der Waals surface area contributed by atoms with E-state index in [1.165, 1.54) is 6.92 Å². The van der Waals surface area contributed by atoms with E-state index in [1.54, 1.807) is 20.8 Å². The van der Waals surface area contributed by atoms with Crippen LogP contribution in [0.3, 0.4) is 0 Å². The highest BCUT2D eigenvalue weighted by Crippen LogP contribution is 2.11. The minimum absolute atomic E-state index is 0.00890. The van der Waals surface area contributed by atoms with Gasteiger partial charge in [-0.05, 0) is 40.0 Å². The molecule has 0 radical (unpaired) electrons. The van der Waals surface area contributed by atoms with E-state index in [2.05, 4.69) is 10.6 Å². The second-order valence-electron chi connectivity index (χ2n) is 6.73. The zero-order chi connectivity index (χ0) is 17.3. The Labute approximate surface area is 133 Å². The molecule has 0 aromatic carbocycles. The average Bonchev–Trinajstić information content (AvgIpc) is 2.33. The minimum Gasteiger partial charge on any atom is -0.444 e. The first kappa shape index (κ1) is 20.4. The molecule has 0 aliphatic carbocycles. The molecule has 0 aromatic heterocycles. The fourth-order valence-corrected chi connectivity index (χ4v) is 1.88. The maximum absolute atomic E-state index is 12.2. The number of Topliss-reactive ketones (excluding diaryl/α,β-unsaturated/α-hetero) is 1. The van der Waals surface area contributed by atoms with Crippen molar-refractivity contribution in [1.29, 1.82) is 0 Å². The van der Waals surface area contributed by atoms with Crippen molar-refractivity contribution in [3.63, 3.8) is 0 Å². The Morgan fingerprint density at radius 2 is 1.68 bits per heavy atom.